The largest absolute Gasteiger partial charge is 0.480 e. The number of carboxylic acids is 1. The van der Waals surface area contributed by atoms with Gasteiger partial charge in [-0.3, -0.25) is 9.69 Å². The highest BCUT2D eigenvalue weighted by Crippen LogP contribution is 2.33. The van der Waals surface area contributed by atoms with E-state index in [0.717, 1.165) is 36.3 Å². The van der Waals surface area contributed by atoms with E-state index in [4.69, 9.17) is 0 Å². The monoisotopic (exact) mass is 458 g/mol. The first kappa shape index (κ1) is 23.7. The molecule has 3 aromatic carbocycles. The van der Waals surface area contributed by atoms with Crippen LogP contribution in [0.1, 0.15) is 39.9 Å². The van der Waals surface area contributed by atoms with E-state index in [1.54, 1.807) is 12.1 Å². The van der Waals surface area contributed by atoms with Gasteiger partial charge in [-0.2, -0.15) is 0 Å². The van der Waals surface area contributed by atoms with Crippen molar-refractivity contribution in [3.63, 3.8) is 0 Å². The Morgan fingerprint density at radius 2 is 1.44 bits per heavy atom. The molecule has 1 heterocycles. The fourth-order valence-electron chi connectivity index (χ4n) is 4.43. The number of carboxylic acid groups (broad SMARTS) is 1. The lowest BCUT2D eigenvalue weighted by atomic mass is 9.84. The molecule has 0 saturated carbocycles. The van der Waals surface area contributed by atoms with Crippen molar-refractivity contribution in [2.24, 2.45) is 0 Å². The number of hydrogen-bond acceptors (Lipinski definition) is 4. The molecule has 34 heavy (non-hydrogen) atoms. The molecule has 0 aromatic heterocycles. The van der Waals surface area contributed by atoms with Crippen molar-refractivity contribution in [2.45, 2.75) is 37.5 Å². The van der Waals surface area contributed by atoms with Crippen molar-refractivity contribution < 1.29 is 19.8 Å². The molecular formula is C28H30N2O4. The molecule has 1 atom stereocenters. The van der Waals surface area contributed by atoms with Gasteiger partial charge < -0.3 is 15.5 Å². The lowest BCUT2D eigenvalue weighted by Crippen LogP contribution is -2.42. The van der Waals surface area contributed by atoms with Crippen molar-refractivity contribution in [2.75, 3.05) is 13.1 Å². The van der Waals surface area contributed by atoms with Gasteiger partial charge in [-0.15, -0.1) is 0 Å². The highest BCUT2D eigenvalue weighted by Gasteiger charge is 2.33. The number of likely N-dealkylation sites (tertiary alicyclic amines) is 1. The summed E-state index contributed by atoms with van der Waals surface area (Å²) in [5.74, 6) is -1.46. The van der Waals surface area contributed by atoms with Gasteiger partial charge in [-0.05, 0) is 41.7 Å². The van der Waals surface area contributed by atoms with E-state index in [9.17, 15) is 19.8 Å². The van der Waals surface area contributed by atoms with Gasteiger partial charge in [-0.25, -0.2) is 4.79 Å². The van der Waals surface area contributed by atoms with E-state index >= 15 is 0 Å². The van der Waals surface area contributed by atoms with Gasteiger partial charge in [0, 0.05) is 31.6 Å². The Hall–Kier alpha value is -3.48. The number of piperidine rings is 1. The summed E-state index contributed by atoms with van der Waals surface area (Å²) >= 11 is 0. The number of benzene rings is 3. The molecule has 0 bridgehead atoms. The molecule has 4 rings (SSSR count). The van der Waals surface area contributed by atoms with E-state index in [0.29, 0.717) is 18.4 Å². The minimum absolute atomic E-state index is 0.226. The molecule has 0 aliphatic carbocycles. The minimum atomic E-state index is -1.06. The number of rotatable bonds is 8. The van der Waals surface area contributed by atoms with Crippen molar-refractivity contribution in [1.29, 1.82) is 0 Å². The number of carbonyl (C=O) groups is 2. The quantitative estimate of drug-likeness (QED) is 0.480. The summed E-state index contributed by atoms with van der Waals surface area (Å²) < 4.78 is 0. The molecule has 1 aliphatic heterocycles. The van der Waals surface area contributed by atoms with E-state index in [2.05, 4.69) is 10.2 Å². The van der Waals surface area contributed by atoms with E-state index in [1.807, 2.05) is 72.8 Å². The zero-order valence-corrected chi connectivity index (χ0v) is 19.1. The highest BCUT2D eigenvalue weighted by atomic mass is 16.4. The van der Waals surface area contributed by atoms with Crippen LogP contribution in [0.4, 0.5) is 0 Å². The highest BCUT2D eigenvalue weighted by molar-refractivity contribution is 5.96. The molecule has 1 saturated heterocycles. The van der Waals surface area contributed by atoms with Crippen LogP contribution in [0, 0.1) is 0 Å². The molecule has 3 N–H and O–H groups in total. The second-order valence-corrected chi connectivity index (χ2v) is 8.92. The molecule has 3 aromatic rings. The Balaban J connectivity index is 1.31. The first-order chi connectivity index (χ1) is 16.4. The topological polar surface area (TPSA) is 89.9 Å². The van der Waals surface area contributed by atoms with Gasteiger partial charge in [-0.1, -0.05) is 72.8 Å². The maximum atomic E-state index is 12.6. The maximum Gasteiger partial charge on any atom is 0.326 e. The first-order valence-electron chi connectivity index (χ1n) is 11.6. The van der Waals surface area contributed by atoms with Crippen LogP contribution in [-0.4, -0.2) is 46.1 Å². The summed E-state index contributed by atoms with van der Waals surface area (Å²) in [6.07, 6.45) is 1.58. The third-order valence-corrected chi connectivity index (χ3v) is 6.50. The van der Waals surface area contributed by atoms with E-state index in [-0.39, 0.29) is 6.42 Å². The Labute approximate surface area is 199 Å². The Kier molecular flexibility index (Phi) is 7.40. The molecule has 0 radical (unpaired) electrons. The van der Waals surface area contributed by atoms with Gasteiger partial charge in [0.1, 0.15) is 6.04 Å². The number of hydrogen-bond donors (Lipinski definition) is 3. The zero-order chi connectivity index (χ0) is 24.0. The third kappa shape index (κ3) is 5.90. The van der Waals surface area contributed by atoms with Crippen LogP contribution in [-0.2, 0) is 23.4 Å². The third-order valence-electron chi connectivity index (χ3n) is 6.50. The summed E-state index contributed by atoms with van der Waals surface area (Å²) in [6.45, 7) is 2.30. The van der Waals surface area contributed by atoms with Gasteiger partial charge in [0.15, 0.2) is 0 Å². The second kappa shape index (κ2) is 10.6. The average Bonchev–Trinajstić information content (AvgIpc) is 2.86. The van der Waals surface area contributed by atoms with E-state index < -0.39 is 23.5 Å². The fraction of sp³-hybridized carbons (Fsp3) is 0.286. The van der Waals surface area contributed by atoms with Crippen LogP contribution in [0.25, 0.3) is 0 Å². The van der Waals surface area contributed by atoms with Crippen LogP contribution in [0.5, 0.6) is 0 Å². The van der Waals surface area contributed by atoms with Crippen molar-refractivity contribution in [3.8, 4) is 0 Å². The number of aliphatic carboxylic acids is 1. The first-order valence-corrected chi connectivity index (χ1v) is 11.6. The minimum Gasteiger partial charge on any atom is -0.480 e. The predicted octanol–water partition coefficient (Wildman–Crippen LogP) is 3.60. The van der Waals surface area contributed by atoms with Crippen LogP contribution >= 0.6 is 0 Å². The van der Waals surface area contributed by atoms with E-state index in [1.165, 1.54) is 0 Å². The molecule has 176 valence electrons. The van der Waals surface area contributed by atoms with Gasteiger partial charge >= 0.3 is 5.97 Å². The molecule has 1 fully saturated rings. The number of amides is 1. The molecule has 1 aliphatic rings. The fourth-order valence-corrected chi connectivity index (χ4v) is 4.43. The smallest absolute Gasteiger partial charge is 0.326 e. The van der Waals surface area contributed by atoms with Gasteiger partial charge in [0.2, 0.25) is 0 Å². The second-order valence-electron chi connectivity index (χ2n) is 8.92. The summed E-state index contributed by atoms with van der Waals surface area (Å²) in [7, 11) is 0. The van der Waals surface area contributed by atoms with Crippen LogP contribution in [0.3, 0.4) is 0 Å². The van der Waals surface area contributed by atoms with Crippen molar-refractivity contribution in [3.05, 3.63) is 107 Å². The average molecular weight is 459 g/mol. The summed E-state index contributed by atoms with van der Waals surface area (Å²) in [5.41, 5.74) is 2.55. The lowest BCUT2D eigenvalue weighted by Gasteiger charge is -2.38. The Bertz CT molecular complexity index is 1090. The Morgan fingerprint density at radius 1 is 0.853 bits per heavy atom. The summed E-state index contributed by atoms with van der Waals surface area (Å²) in [5, 5.41) is 23.2. The molecule has 0 unspecified atom stereocenters. The molecule has 1 amide bonds. The standard InChI is InChI=1S/C28H30N2O4/c31-26(29-25(27(32)33)19-21-7-3-1-4-8-21)23-13-11-22(12-14-23)20-30-17-15-28(34,16-18-30)24-9-5-2-6-10-24/h1-14,25,34H,15-20H2,(H,29,31)(H,32,33)/t25-/m0/s1. The molecule has 6 heteroatoms. The molecule has 6 nitrogen and oxygen atoms in total. The van der Waals surface area contributed by atoms with Gasteiger partial charge in [0.05, 0.1) is 5.60 Å². The summed E-state index contributed by atoms with van der Waals surface area (Å²) in [6, 6.07) is 25.4. The number of nitrogens with one attached hydrogen (secondary N) is 1. The normalized spacial score (nSPS) is 16.5. The SMILES string of the molecule is O=C(N[C@@H](Cc1ccccc1)C(=O)O)c1ccc(CN2CCC(O)(c3ccccc3)CC2)cc1. The van der Waals surface area contributed by atoms with Gasteiger partial charge in [0.25, 0.3) is 5.91 Å². The summed E-state index contributed by atoms with van der Waals surface area (Å²) in [4.78, 5) is 26.6. The molecule has 0 spiro atoms. The zero-order valence-electron chi connectivity index (χ0n) is 19.1. The maximum absolute atomic E-state index is 12.6. The van der Waals surface area contributed by atoms with Crippen molar-refractivity contribution in [1.82, 2.24) is 10.2 Å². The number of carbonyl (C=O) groups excluding carboxylic acids is 1. The molecular weight excluding hydrogens is 428 g/mol. The van der Waals surface area contributed by atoms with Crippen LogP contribution < -0.4 is 5.32 Å². The predicted molar refractivity (Wildman–Crippen MR) is 130 cm³/mol. The number of aliphatic hydroxyl groups is 1. The number of nitrogens with zero attached hydrogens (tertiary/aromatic N) is 1. The lowest BCUT2D eigenvalue weighted by molar-refractivity contribution is -0.139. The van der Waals surface area contributed by atoms with Crippen LogP contribution in [0.15, 0.2) is 84.9 Å². The van der Waals surface area contributed by atoms with Crippen LogP contribution in [0.2, 0.25) is 0 Å². The van der Waals surface area contributed by atoms with Crippen molar-refractivity contribution >= 4 is 11.9 Å². The Morgan fingerprint density at radius 3 is 2.03 bits per heavy atom.